The molecule has 0 N–H and O–H groups in total. The van der Waals surface area contributed by atoms with Crippen molar-refractivity contribution in [3.05, 3.63) is 83.2 Å². The minimum atomic E-state index is -4.60. The van der Waals surface area contributed by atoms with Crippen LogP contribution in [0.15, 0.2) is 49.1 Å². The van der Waals surface area contributed by atoms with Crippen molar-refractivity contribution < 1.29 is 13.2 Å². The number of halogens is 3. The molecule has 0 radical (unpaired) electrons. The topological polar surface area (TPSA) is 61.4 Å². The summed E-state index contributed by atoms with van der Waals surface area (Å²) >= 11 is 0. The van der Waals surface area contributed by atoms with Crippen molar-refractivity contribution in [3.8, 4) is 11.6 Å². The molecular formula is C37H47F3N6. The average Bonchev–Trinajstić information content (AvgIpc) is 3.67. The smallest absolute Gasteiger partial charge is 0.288 e. The number of imidazole rings is 2. The molecule has 2 aliphatic rings. The molecule has 2 fully saturated rings. The van der Waals surface area contributed by atoms with Gasteiger partial charge >= 0.3 is 6.18 Å². The predicted molar refractivity (Wildman–Crippen MR) is 174 cm³/mol. The summed E-state index contributed by atoms with van der Waals surface area (Å²) in [4.78, 5) is 18.3. The zero-order valence-electron chi connectivity index (χ0n) is 27.9. The lowest BCUT2D eigenvalue weighted by atomic mass is 9.71. The average molecular weight is 633 g/mol. The van der Waals surface area contributed by atoms with Crippen LogP contribution >= 0.6 is 0 Å². The van der Waals surface area contributed by atoms with Crippen LogP contribution in [0.1, 0.15) is 126 Å². The first-order valence-corrected chi connectivity index (χ1v) is 16.9. The molecule has 4 aromatic rings. The van der Waals surface area contributed by atoms with E-state index in [9.17, 15) is 13.2 Å². The lowest BCUT2D eigenvalue weighted by Crippen LogP contribution is -2.27. The van der Waals surface area contributed by atoms with Gasteiger partial charge in [0.25, 0.3) is 0 Å². The Morgan fingerprint density at radius 2 is 1.13 bits per heavy atom. The largest absolute Gasteiger partial charge is 0.450 e. The van der Waals surface area contributed by atoms with Gasteiger partial charge in [-0.25, -0.2) is 19.9 Å². The molecule has 0 aromatic carbocycles. The molecule has 0 amide bonds. The third kappa shape index (κ3) is 6.79. The maximum absolute atomic E-state index is 14.1. The molecule has 2 aliphatic carbocycles. The van der Waals surface area contributed by atoms with Crippen molar-refractivity contribution >= 4 is 0 Å². The number of pyridine rings is 2. The highest BCUT2D eigenvalue weighted by Crippen LogP contribution is 2.42. The van der Waals surface area contributed by atoms with E-state index in [0.717, 1.165) is 53.2 Å². The molecule has 4 aromatic heterocycles. The van der Waals surface area contributed by atoms with Crippen molar-refractivity contribution in [1.29, 1.82) is 0 Å². The fourth-order valence-corrected chi connectivity index (χ4v) is 7.83. The Bertz CT molecular complexity index is 1670. The highest BCUT2D eigenvalue weighted by Gasteiger charge is 2.38. The first-order chi connectivity index (χ1) is 21.7. The first-order valence-electron chi connectivity index (χ1n) is 16.9. The number of hydrogen-bond acceptors (Lipinski definition) is 4. The molecule has 6 nitrogen and oxygen atoms in total. The van der Waals surface area contributed by atoms with Crippen LogP contribution in [0.3, 0.4) is 0 Å². The molecule has 2 saturated carbocycles. The Labute approximate surface area is 270 Å². The molecule has 0 saturated heterocycles. The summed E-state index contributed by atoms with van der Waals surface area (Å²) < 4.78 is 45.2. The highest BCUT2D eigenvalue weighted by atomic mass is 19.4. The SMILES string of the molecule is Cc1nccn1-c1cc(CC2(C)CCCCC2)cc(C(C)(C)c2cc(CC3(C)CCCCC3)cc(-n3ccnc3C(F)(F)F)n2)n1. The second-order valence-electron chi connectivity index (χ2n) is 15.1. The number of aromatic nitrogens is 6. The Hall–Kier alpha value is -3.49. The van der Waals surface area contributed by atoms with E-state index in [1.807, 2.05) is 23.8 Å². The molecule has 46 heavy (non-hydrogen) atoms. The van der Waals surface area contributed by atoms with Gasteiger partial charge in [-0.3, -0.25) is 9.13 Å². The Balaban J connectivity index is 1.48. The van der Waals surface area contributed by atoms with Crippen molar-refractivity contribution in [2.24, 2.45) is 10.8 Å². The van der Waals surface area contributed by atoms with Crippen molar-refractivity contribution in [1.82, 2.24) is 29.1 Å². The molecular weight excluding hydrogens is 585 g/mol. The van der Waals surface area contributed by atoms with Crippen molar-refractivity contribution in [3.63, 3.8) is 0 Å². The quantitative estimate of drug-likeness (QED) is 0.194. The van der Waals surface area contributed by atoms with E-state index in [1.165, 1.54) is 69.3 Å². The van der Waals surface area contributed by atoms with Crippen LogP contribution in [0, 0.1) is 17.8 Å². The fraction of sp³-hybridized carbons (Fsp3) is 0.568. The number of nitrogens with zero attached hydrogens (tertiary/aromatic N) is 6. The van der Waals surface area contributed by atoms with Crippen molar-refractivity contribution in [2.45, 2.75) is 123 Å². The Morgan fingerprint density at radius 3 is 1.59 bits per heavy atom. The monoisotopic (exact) mass is 632 g/mol. The summed E-state index contributed by atoms with van der Waals surface area (Å²) in [7, 11) is 0. The van der Waals surface area contributed by atoms with Gasteiger partial charge in [0, 0.05) is 30.2 Å². The summed E-state index contributed by atoms with van der Waals surface area (Å²) in [5, 5.41) is 0. The lowest BCUT2D eigenvalue weighted by molar-refractivity contribution is -0.146. The van der Waals surface area contributed by atoms with Crippen LogP contribution in [0.2, 0.25) is 0 Å². The number of alkyl halides is 3. The number of rotatable bonds is 8. The molecule has 9 heteroatoms. The first kappa shape index (κ1) is 32.5. The summed E-state index contributed by atoms with van der Waals surface area (Å²) in [5.41, 5.74) is 3.36. The maximum atomic E-state index is 14.1. The third-order valence-electron chi connectivity index (χ3n) is 10.6. The van der Waals surface area contributed by atoms with Crippen molar-refractivity contribution in [2.75, 3.05) is 0 Å². The highest BCUT2D eigenvalue weighted by molar-refractivity contribution is 5.42. The minimum Gasteiger partial charge on any atom is -0.288 e. The second kappa shape index (κ2) is 12.3. The van der Waals surface area contributed by atoms with E-state index in [4.69, 9.17) is 9.97 Å². The molecule has 0 atom stereocenters. The summed E-state index contributed by atoms with van der Waals surface area (Å²) in [6.45, 7) is 10.8. The maximum Gasteiger partial charge on any atom is 0.450 e. The third-order valence-corrected chi connectivity index (χ3v) is 10.6. The lowest BCUT2D eigenvalue weighted by Gasteiger charge is -2.35. The number of hydrogen-bond donors (Lipinski definition) is 0. The van der Waals surface area contributed by atoms with Gasteiger partial charge in [0.15, 0.2) is 0 Å². The summed E-state index contributed by atoms with van der Waals surface area (Å²) in [5.74, 6) is 0.917. The zero-order chi connectivity index (χ0) is 32.7. The number of aryl methyl sites for hydroxylation is 1. The van der Waals surface area contributed by atoms with Gasteiger partial charge in [0.1, 0.15) is 17.5 Å². The fourth-order valence-electron chi connectivity index (χ4n) is 7.83. The van der Waals surface area contributed by atoms with Gasteiger partial charge in [-0.1, -0.05) is 52.4 Å². The van der Waals surface area contributed by atoms with E-state index < -0.39 is 17.4 Å². The van der Waals surface area contributed by atoms with E-state index in [0.29, 0.717) is 5.69 Å². The van der Waals surface area contributed by atoms with Gasteiger partial charge in [-0.05, 0) is 106 Å². The second-order valence-corrected chi connectivity index (χ2v) is 15.1. The molecule has 6 rings (SSSR count). The van der Waals surface area contributed by atoms with Crippen LogP contribution in [-0.4, -0.2) is 29.1 Å². The molecule has 0 aliphatic heterocycles. The van der Waals surface area contributed by atoms with Gasteiger partial charge in [0.05, 0.1) is 11.4 Å². The summed E-state index contributed by atoms with van der Waals surface area (Å²) in [6, 6.07) is 8.30. The standard InChI is InChI=1S/C37H47F3N6/c1-26-41-16-18-45(26)31-22-27(24-35(4)12-8-6-9-13-35)20-29(43-31)34(2,3)30-21-28(25-36(5)14-10-7-11-15-36)23-32(44-30)46-19-17-42-33(46)37(38,39)40/h16-23H,6-15,24-25H2,1-5H3. The molecule has 0 unspecified atom stereocenters. The normalized spacial score (nSPS) is 18.5. The van der Waals surface area contributed by atoms with E-state index >= 15 is 0 Å². The molecule has 4 heterocycles. The van der Waals surface area contributed by atoms with Crippen LogP contribution < -0.4 is 0 Å². The zero-order valence-corrected chi connectivity index (χ0v) is 27.9. The van der Waals surface area contributed by atoms with Gasteiger partial charge < -0.3 is 0 Å². The van der Waals surface area contributed by atoms with Gasteiger partial charge in [0.2, 0.25) is 5.82 Å². The molecule has 0 bridgehead atoms. The van der Waals surface area contributed by atoms with E-state index in [2.05, 4.69) is 55.9 Å². The Morgan fingerprint density at radius 1 is 0.674 bits per heavy atom. The van der Waals surface area contributed by atoms with Gasteiger partial charge in [-0.2, -0.15) is 13.2 Å². The van der Waals surface area contributed by atoms with Crippen LogP contribution in [0.25, 0.3) is 11.6 Å². The predicted octanol–water partition coefficient (Wildman–Crippen LogP) is 9.53. The minimum absolute atomic E-state index is 0.0970. The van der Waals surface area contributed by atoms with Crippen LogP contribution in [0.5, 0.6) is 0 Å². The van der Waals surface area contributed by atoms with Crippen LogP contribution in [-0.2, 0) is 24.4 Å². The Kier molecular flexibility index (Phi) is 8.66. The van der Waals surface area contributed by atoms with Gasteiger partial charge in [-0.15, -0.1) is 0 Å². The van der Waals surface area contributed by atoms with E-state index in [-0.39, 0.29) is 16.6 Å². The van der Waals surface area contributed by atoms with Crippen LogP contribution in [0.4, 0.5) is 13.2 Å². The van der Waals surface area contributed by atoms with E-state index in [1.54, 1.807) is 6.20 Å². The summed E-state index contributed by atoms with van der Waals surface area (Å²) in [6.07, 6.45) is 15.4. The molecule has 0 spiro atoms. The molecule has 246 valence electrons.